The van der Waals surface area contributed by atoms with Crippen LogP contribution in [-0.4, -0.2) is 27.0 Å². The molecule has 0 aliphatic rings. The molecule has 2 heterocycles. The molecule has 10 heteroatoms. The van der Waals surface area contributed by atoms with E-state index in [-0.39, 0.29) is 6.03 Å². The van der Waals surface area contributed by atoms with Crippen LogP contribution in [0.4, 0.5) is 15.6 Å². The number of urea groups is 1. The van der Waals surface area contributed by atoms with Crippen molar-refractivity contribution in [3.05, 3.63) is 23.2 Å². The molecule has 0 saturated heterocycles. The Morgan fingerprint density at radius 2 is 2.20 bits per heavy atom. The number of benzene rings is 1. The highest BCUT2D eigenvalue weighted by molar-refractivity contribution is 7.99. The molecule has 1 aromatic carbocycles. The molecule has 3 rings (SSSR count). The molecule has 8 nitrogen and oxygen atoms in total. The normalized spacial score (nSPS) is 11.6. The summed E-state index contributed by atoms with van der Waals surface area (Å²) in [6.07, 6.45) is 0. The first kappa shape index (κ1) is 17.5. The lowest BCUT2D eigenvalue weighted by atomic mass is 10.1. The Morgan fingerprint density at radius 3 is 2.88 bits per heavy atom. The quantitative estimate of drug-likeness (QED) is 0.582. The fraction of sp³-hybridized carbons (Fsp3) is 0.333. The number of thioether (sulfide) groups is 1. The predicted octanol–water partition coefficient (Wildman–Crippen LogP) is 3.43. The van der Waals surface area contributed by atoms with Gasteiger partial charge in [-0.1, -0.05) is 30.0 Å². The molecule has 4 N–H and O–H groups in total. The highest BCUT2D eigenvalue weighted by Gasteiger charge is 2.27. The zero-order chi connectivity index (χ0) is 18.0. The Bertz CT molecular complexity index is 904. The largest absolute Gasteiger partial charge is 0.431 e. The van der Waals surface area contributed by atoms with E-state index in [2.05, 4.69) is 25.8 Å². The zero-order valence-electron chi connectivity index (χ0n) is 14.0. The summed E-state index contributed by atoms with van der Waals surface area (Å²) >= 11 is 2.77. The Balaban J connectivity index is 1.70. The van der Waals surface area contributed by atoms with Gasteiger partial charge in [0, 0.05) is 11.8 Å². The first-order chi connectivity index (χ1) is 11.9. The molecular formula is C15H18N6O2S2. The lowest BCUT2D eigenvalue weighted by molar-refractivity contribution is 0.241. The number of carbonyl (C=O) groups is 1. The summed E-state index contributed by atoms with van der Waals surface area (Å²) in [5.41, 5.74) is 6.91. The number of amides is 2. The molecule has 3 aromatic rings. The third-order valence-corrected chi connectivity index (χ3v) is 5.08. The third-order valence-electron chi connectivity index (χ3n) is 3.30. The molecule has 2 aromatic heterocycles. The van der Waals surface area contributed by atoms with Crippen LogP contribution < -0.4 is 16.4 Å². The maximum atomic E-state index is 12.3. The summed E-state index contributed by atoms with van der Waals surface area (Å²) in [7, 11) is 0. The van der Waals surface area contributed by atoms with Crippen LogP contribution in [0.25, 0.3) is 11.1 Å². The van der Waals surface area contributed by atoms with Gasteiger partial charge in [-0.15, -0.1) is 10.2 Å². The van der Waals surface area contributed by atoms with E-state index in [0.717, 1.165) is 11.3 Å². The van der Waals surface area contributed by atoms with Crippen molar-refractivity contribution in [2.45, 2.75) is 31.5 Å². The number of nitrogens with one attached hydrogen (secondary N) is 2. The number of aromatic nitrogens is 3. The number of rotatable bonds is 5. The van der Waals surface area contributed by atoms with E-state index in [0.29, 0.717) is 26.6 Å². The van der Waals surface area contributed by atoms with Crippen LogP contribution in [-0.2, 0) is 5.54 Å². The molecule has 0 aliphatic heterocycles. The molecule has 0 aliphatic carbocycles. The number of hydrogen-bond acceptors (Lipinski definition) is 8. The molecule has 25 heavy (non-hydrogen) atoms. The van der Waals surface area contributed by atoms with Crippen LogP contribution in [0.15, 0.2) is 27.8 Å². The first-order valence-electron chi connectivity index (χ1n) is 7.59. The minimum atomic E-state index is -0.694. The van der Waals surface area contributed by atoms with Crippen molar-refractivity contribution < 1.29 is 9.21 Å². The van der Waals surface area contributed by atoms with E-state index in [1.165, 1.54) is 23.1 Å². The third kappa shape index (κ3) is 4.02. The first-order valence-corrected chi connectivity index (χ1v) is 9.39. The molecule has 0 unspecified atom stereocenters. The maximum Gasteiger partial charge on any atom is 0.319 e. The number of nitrogen functional groups attached to an aromatic ring is 1. The van der Waals surface area contributed by atoms with Crippen molar-refractivity contribution in [3.63, 3.8) is 0 Å². The van der Waals surface area contributed by atoms with Gasteiger partial charge in [0.05, 0.1) is 5.54 Å². The van der Waals surface area contributed by atoms with Crippen molar-refractivity contribution >= 4 is 51.0 Å². The number of carbonyl (C=O) groups excluding carboxylic acids is 1. The summed E-state index contributed by atoms with van der Waals surface area (Å²) in [6.45, 7) is 5.70. The van der Waals surface area contributed by atoms with E-state index in [4.69, 9.17) is 10.2 Å². The van der Waals surface area contributed by atoms with Gasteiger partial charge in [0.25, 0.3) is 5.22 Å². The highest BCUT2D eigenvalue weighted by Crippen LogP contribution is 2.27. The summed E-state index contributed by atoms with van der Waals surface area (Å²) in [5.74, 6) is 0.881. The number of oxazole rings is 1. The Hall–Kier alpha value is -2.33. The van der Waals surface area contributed by atoms with Gasteiger partial charge in [-0.05, 0) is 31.7 Å². The van der Waals surface area contributed by atoms with Crippen LogP contribution in [0.2, 0.25) is 0 Å². The Labute approximate surface area is 152 Å². The average Bonchev–Trinajstić information content (AvgIpc) is 3.12. The van der Waals surface area contributed by atoms with E-state index in [1.807, 2.05) is 26.8 Å². The van der Waals surface area contributed by atoms with Gasteiger partial charge >= 0.3 is 6.03 Å². The van der Waals surface area contributed by atoms with Crippen LogP contribution in [0.3, 0.4) is 0 Å². The van der Waals surface area contributed by atoms with Crippen LogP contribution in [0.1, 0.15) is 25.8 Å². The van der Waals surface area contributed by atoms with Crippen LogP contribution in [0.5, 0.6) is 0 Å². The van der Waals surface area contributed by atoms with Crippen molar-refractivity contribution in [1.82, 2.24) is 20.5 Å². The van der Waals surface area contributed by atoms with Crippen LogP contribution in [0, 0.1) is 0 Å². The Kier molecular flexibility index (Phi) is 4.82. The van der Waals surface area contributed by atoms with Gasteiger partial charge in [0.2, 0.25) is 5.13 Å². The van der Waals surface area contributed by atoms with E-state index < -0.39 is 5.54 Å². The minimum Gasteiger partial charge on any atom is -0.431 e. The molecule has 0 saturated carbocycles. The van der Waals surface area contributed by atoms with E-state index in [9.17, 15) is 4.79 Å². The lowest BCUT2D eigenvalue weighted by Gasteiger charge is -2.23. The smallest absolute Gasteiger partial charge is 0.319 e. The van der Waals surface area contributed by atoms with Crippen molar-refractivity contribution in [1.29, 1.82) is 0 Å². The van der Waals surface area contributed by atoms with Gasteiger partial charge in [0.1, 0.15) is 10.5 Å². The fourth-order valence-electron chi connectivity index (χ4n) is 2.15. The van der Waals surface area contributed by atoms with E-state index in [1.54, 1.807) is 12.1 Å². The fourth-order valence-corrected chi connectivity index (χ4v) is 3.38. The molecule has 0 spiro atoms. The van der Waals surface area contributed by atoms with Gasteiger partial charge < -0.3 is 20.8 Å². The topological polar surface area (TPSA) is 119 Å². The molecule has 132 valence electrons. The minimum absolute atomic E-state index is 0.360. The lowest BCUT2D eigenvalue weighted by Crippen LogP contribution is -2.43. The number of nitrogens with zero attached hydrogens (tertiary/aromatic N) is 3. The highest BCUT2D eigenvalue weighted by atomic mass is 32.2. The second kappa shape index (κ2) is 6.89. The zero-order valence-corrected chi connectivity index (χ0v) is 15.6. The standard InChI is InChI=1S/C15H18N6O2S2/c1-4-24-14-18-9-6-5-8(7-10(9)23-14)17-13(22)19-15(2,3)11-20-21-12(16)25-11/h5-7H,4H2,1-3H3,(H2,16,21)(H2,17,19,22). The molecule has 0 fully saturated rings. The molecule has 2 amide bonds. The van der Waals surface area contributed by atoms with Gasteiger partial charge in [0.15, 0.2) is 5.58 Å². The molecule has 0 atom stereocenters. The summed E-state index contributed by atoms with van der Waals surface area (Å²) in [5, 5.41) is 15.0. The number of nitrogens with two attached hydrogens (primary N) is 1. The summed E-state index contributed by atoms with van der Waals surface area (Å²) < 4.78 is 5.65. The van der Waals surface area contributed by atoms with Crippen molar-refractivity contribution in [2.24, 2.45) is 0 Å². The monoisotopic (exact) mass is 378 g/mol. The van der Waals surface area contributed by atoms with Crippen LogP contribution >= 0.6 is 23.1 Å². The Morgan fingerprint density at radius 1 is 1.40 bits per heavy atom. The number of anilines is 2. The maximum absolute atomic E-state index is 12.3. The van der Waals surface area contributed by atoms with E-state index >= 15 is 0 Å². The van der Waals surface area contributed by atoms with Crippen molar-refractivity contribution in [3.8, 4) is 0 Å². The second-order valence-corrected chi connectivity index (χ2v) is 7.97. The van der Waals surface area contributed by atoms with Gasteiger partial charge in [-0.3, -0.25) is 0 Å². The molecule has 0 radical (unpaired) electrons. The average molecular weight is 378 g/mol. The molecular weight excluding hydrogens is 360 g/mol. The predicted molar refractivity (Wildman–Crippen MR) is 99.9 cm³/mol. The summed E-state index contributed by atoms with van der Waals surface area (Å²) in [4.78, 5) is 16.7. The number of hydrogen-bond donors (Lipinski definition) is 3. The van der Waals surface area contributed by atoms with Gasteiger partial charge in [-0.2, -0.15) is 0 Å². The summed E-state index contributed by atoms with van der Waals surface area (Å²) in [6, 6.07) is 4.98. The molecule has 0 bridgehead atoms. The number of fused-ring (bicyclic) bond motifs is 1. The SMILES string of the molecule is CCSc1nc2ccc(NC(=O)NC(C)(C)c3nnc(N)s3)cc2o1. The van der Waals surface area contributed by atoms with Crippen molar-refractivity contribution in [2.75, 3.05) is 16.8 Å². The second-order valence-electron chi connectivity index (χ2n) is 5.74. The van der Waals surface area contributed by atoms with Gasteiger partial charge in [-0.25, -0.2) is 9.78 Å².